The smallest absolute Gasteiger partial charge is 0.0898 e. The van der Waals surface area contributed by atoms with E-state index in [9.17, 15) is 0 Å². The van der Waals surface area contributed by atoms with E-state index in [0.717, 1.165) is 23.8 Å². The fraction of sp³-hybridized carbons (Fsp3) is 0.500. The maximum Gasteiger partial charge on any atom is 0.0898 e. The number of aryl methyl sites for hydroxylation is 2. The molecular weight excluding hydrogens is 232 g/mol. The molecule has 0 fully saturated rings. The molecule has 2 aromatic heterocycles. The molecule has 2 aromatic rings. The lowest BCUT2D eigenvalue weighted by Crippen LogP contribution is -2.22. The third kappa shape index (κ3) is 2.73. The number of hydrogen-bond donors (Lipinski definition) is 1. The van der Waals surface area contributed by atoms with Gasteiger partial charge in [-0.25, -0.2) is 4.98 Å². The quantitative estimate of drug-likeness (QED) is 0.886. The van der Waals surface area contributed by atoms with Crippen LogP contribution in [-0.2, 0) is 6.54 Å². The summed E-state index contributed by atoms with van der Waals surface area (Å²) in [4.78, 5) is 4.56. The summed E-state index contributed by atoms with van der Waals surface area (Å²) in [6.45, 7) is 8.04. The normalized spacial score (nSPS) is 12.9. The van der Waals surface area contributed by atoms with Crippen molar-refractivity contribution in [1.82, 2.24) is 20.1 Å². The molecule has 0 aliphatic heterocycles. The van der Waals surface area contributed by atoms with Gasteiger partial charge in [0.1, 0.15) is 0 Å². The van der Waals surface area contributed by atoms with Gasteiger partial charge in [-0.15, -0.1) is 11.3 Å². The molecule has 0 radical (unpaired) electrons. The first-order valence-electron chi connectivity index (χ1n) is 5.92. The molecule has 4 nitrogen and oxygen atoms in total. The van der Waals surface area contributed by atoms with E-state index < -0.39 is 0 Å². The van der Waals surface area contributed by atoms with Crippen molar-refractivity contribution in [2.75, 3.05) is 6.54 Å². The summed E-state index contributed by atoms with van der Waals surface area (Å²) in [5.74, 6) is 0. The molecule has 17 heavy (non-hydrogen) atoms. The molecule has 92 valence electrons. The first-order chi connectivity index (χ1) is 8.24. The standard InChI is InChI=1S/C12H18N4S/c1-4-13-12(11-8-17-9(3)15-11)10-6-14-16(5-2)7-10/h6-8,12-13H,4-5H2,1-3H3. The van der Waals surface area contributed by atoms with Crippen LogP contribution >= 0.6 is 11.3 Å². The zero-order chi connectivity index (χ0) is 12.3. The SMILES string of the molecule is CCNC(c1cnn(CC)c1)c1csc(C)n1. The van der Waals surface area contributed by atoms with Crippen molar-refractivity contribution in [3.63, 3.8) is 0 Å². The number of rotatable bonds is 5. The Kier molecular flexibility index (Phi) is 3.91. The summed E-state index contributed by atoms with van der Waals surface area (Å²) in [6.07, 6.45) is 4.01. The molecule has 2 rings (SSSR count). The van der Waals surface area contributed by atoms with Gasteiger partial charge in [-0.1, -0.05) is 6.92 Å². The molecule has 0 aliphatic carbocycles. The molecule has 0 aliphatic rings. The van der Waals surface area contributed by atoms with E-state index in [4.69, 9.17) is 0 Å². The van der Waals surface area contributed by atoms with Crippen LogP contribution in [0.3, 0.4) is 0 Å². The van der Waals surface area contributed by atoms with Crippen molar-refractivity contribution in [1.29, 1.82) is 0 Å². The van der Waals surface area contributed by atoms with Crippen LogP contribution < -0.4 is 5.32 Å². The minimum atomic E-state index is 0.158. The van der Waals surface area contributed by atoms with Gasteiger partial charge < -0.3 is 5.32 Å². The fourth-order valence-corrected chi connectivity index (χ4v) is 2.45. The minimum absolute atomic E-state index is 0.158. The van der Waals surface area contributed by atoms with Crippen molar-refractivity contribution >= 4 is 11.3 Å². The Labute approximate surface area is 106 Å². The van der Waals surface area contributed by atoms with E-state index in [2.05, 4.69) is 40.8 Å². The van der Waals surface area contributed by atoms with Crippen LogP contribution in [0.25, 0.3) is 0 Å². The second-order valence-corrected chi connectivity index (χ2v) is 4.97. The lowest BCUT2D eigenvalue weighted by Gasteiger charge is -2.13. The summed E-state index contributed by atoms with van der Waals surface area (Å²) in [7, 11) is 0. The highest BCUT2D eigenvalue weighted by Crippen LogP contribution is 2.23. The van der Waals surface area contributed by atoms with Crippen LogP contribution in [0.5, 0.6) is 0 Å². The average Bonchev–Trinajstić information content (AvgIpc) is 2.94. The number of aromatic nitrogens is 3. The fourth-order valence-electron chi connectivity index (χ4n) is 1.81. The van der Waals surface area contributed by atoms with E-state index in [1.165, 1.54) is 5.56 Å². The molecule has 1 unspecified atom stereocenters. The summed E-state index contributed by atoms with van der Waals surface area (Å²) in [6, 6.07) is 0.158. The van der Waals surface area contributed by atoms with Crippen LogP contribution in [0.15, 0.2) is 17.8 Å². The Morgan fingerprint density at radius 3 is 2.82 bits per heavy atom. The number of nitrogens with zero attached hydrogens (tertiary/aromatic N) is 3. The van der Waals surface area contributed by atoms with E-state index in [1.807, 2.05) is 17.8 Å². The van der Waals surface area contributed by atoms with Gasteiger partial charge in [0.2, 0.25) is 0 Å². The maximum atomic E-state index is 4.56. The Hall–Kier alpha value is -1.20. The summed E-state index contributed by atoms with van der Waals surface area (Å²) < 4.78 is 1.94. The van der Waals surface area contributed by atoms with E-state index in [1.54, 1.807) is 11.3 Å². The lowest BCUT2D eigenvalue weighted by atomic mass is 10.1. The van der Waals surface area contributed by atoms with Crippen LogP contribution in [0.1, 0.15) is 36.2 Å². The van der Waals surface area contributed by atoms with Crippen LogP contribution in [-0.4, -0.2) is 21.3 Å². The van der Waals surface area contributed by atoms with Gasteiger partial charge in [0.25, 0.3) is 0 Å². The second kappa shape index (κ2) is 5.42. The highest BCUT2D eigenvalue weighted by atomic mass is 32.1. The molecule has 1 atom stereocenters. The lowest BCUT2D eigenvalue weighted by molar-refractivity contribution is 0.614. The molecule has 0 spiro atoms. The highest BCUT2D eigenvalue weighted by Gasteiger charge is 2.17. The Bertz CT molecular complexity index is 474. The number of nitrogens with one attached hydrogen (secondary N) is 1. The molecule has 0 aromatic carbocycles. The van der Waals surface area contributed by atoms with Crippen molar-refractivity contribution < 1.29 is 0 Å². The largest absolute Gasteiger partial charge is 0.305 e. The molecule has 0 saturated carbocycles. The Morgan fingerprint density at radius 1 is 1.47 bits per heavy atom. The Balaban J connectivity index is 2.28. The Morgan fingerprint density at radius 2 is 2.29 bits per heavy atom. The molecule has 0 bridgehead atoms. The van der Waals surface area contributed by atoms with Gasteiger partial charge >= 0.3 is 0 Å². The van der Waals surface area contributed by atoms with Crippen LogP contribution in [0.2, 0.25) is 0 Å². The first-order valence-corrected chi connectivity index (χ1v) is 6.80. The van der Waals surface area contributed by atoms with Gasteiger partial charge in [0.05, 0.1) is 22.9 Å². The topological polar surface area (TPSA) is 42.7 Å². The van der Waals surface area contributed by atoms with Crippen molar-refractivity contribution in [2.24, 2.45) is 0 Å². The summed E-state index contributed by atoms with van der Waals surface area (Å²) in [5, 5.41) is 11.0. The summed E-state index contributed by atoms with van der Waals surface area (Å²) in [5.41, 5.74) is 2.27. The third-order valence-electron chi connectivity index (χ3n) is 2.65. The molecular formula is C12H18N4S. The zero-order valence-electron chi connectivity index (χ0n) is 10.5. The van der Waals surface area contributed by atoms with Gasteiger partial charge in [-0.2, -0.15) is 5.10 Å². The zero-order valence-corrected chi connectivity index (χ0v) is 11.3. The van der Waals surface area contributed by atoms with Gasteiger partial charge in [-0.3, -0.25) is 4.68 Å². The number of thiazole rings is 1. The van der Waals surface area contributed by atoms with E-state index >= 15 is 0 Å². The van der Waals surface area contributed by atoms with Gasteiger partial charge in [-0.05, 0) is 20.4 Å². The predicted molar refractivity (Wildman–Crippen MR) is 70.3 cm³/mol. The van der Waals surface area contributed by atoms with Gasteiger partial charge in [0, 0.05) is 23.7 Å². The minimum Gasteiger partial charge on any atom is -0.305 e. The molecule has 0 amide bonds. The number of hydrogen-bond acceptors (Lipinski definition) is 4. The van der Waals surface area contributed by atoms with Crippen LogP contribution in [0.4, 0.5) is 0 Å². The maximum absolute atomic E-state index is 4.56. The average molecular weight is 250 g/mol. The first kappa shape index (κ1) is 12.3. The molecule has 2 heterocycles. The van der Waals surface area contributed by atoms with E-state index in [-0.39, 0.29) is 6.04 Å². The van der Waals surface area contributed by atoms with Crippen LogP contribution in [0, 0.1) is 6.92 Å². The predicted octanol–water partition coefficient (Wildman–Crippen LogP) is 2.37. The van der Waals surface area contributed by atoms with E-state index in [0.29, 0.717) is 0 Å². The van der Waals surface area contributed by atoms with Crippen molar-refractivity contribution in [2.45, 2.75) is 33.4 Å². The van der Waals surface area contributed by atoms with Gasteiger partial charge in [0.15, 0.2) is 0 Å². The second-order valence-electron chi connectivity index (χ2n) is 3.91. The molecule has 0 saturated heterocycles. The monoisotopic (exact) mass is 250 g/mol. The molecule has 5 heteroatoms. The van der Waals surface area contributed by atoms with Crippen molar-refractivity contribution in [3.8, 4) is 0 Å². The molecule has 1 N–H and O–H groups in total. The summed E-state index contributed by atoms with van der Waals surface area (Å²) >= 11 is 1.69. The van der Waals surface area contributed by atoms with Crippen molar-refractivity contribution in [3.05, 3.63) is 34.0 Å². The third-order valence-corrected chi connectivity index (χ3v) is 3.44. The highest BCUT2D eigenvalue weighted by molar-refractivity contribution is 7.09.